The Kier molecular flexibility index (Phi) is 3.18. The number of nitro benzene ring substituents is 1. The van der Waals surface area contributed by atoms with Gasteiger partial charge in [0.2, 0.25) is 0 Å². The Morgan fingerprint density at radius 1 is 1.39 bits per heavy atom. The molecule has 1 aromatic heterocycles. The van der Waals surface area contributed by atoms with Crippen molar-refractivity contribution < 1.29 is 14.1 Å². The fourth-order valence-corrected chi connectivity index (χ4v) is 1.67. The Morgan fingerprint density at radius 2 is 2.17 bits per heavy atom. The van der Waals surface area contributed by atoms with Crippen LogP contribution in [0, 0.1) is 15.9 Å². The minimum absolute atomic E-state index is 0.270. The molecule has 0 saturated heterocycles. The normalized spacial score (nSPS) is 10.3. The van der Waals surface area contributed by atoms with Crippen molar-refractivity contribution in [3.63, 3.8) is 0 Å². The first-order valence-electron chi connectivity index (χ1n) is 5.13. The van der Waals surface area contributed by atoms with Gasteiger partial charge in [-0.1, -0.05) is 0 Å². The first-order chi connectivity index (χ1) is 8.58. The molecule has 0 N–H and O–H groups in total. The van der Waals surface area contributed by atoms with Gasteiger partial charge in [0.25, 0.3) is 5.69 Å². The van der Waals surface area contributed by atoms with Crippen molar-refractivity contribution in [3.05, 3.63) is 63.7 Å². The van der Waals surface area contributed by atoms with Gasteiger partial charge in [0.05, 0.1) is 11.0 Å². The monoisotopic (exact) mass is 248 g/mol. The van der Waals surface area contributed by atoms with Gasteiger partial charge in [0.15, 0.2) is 6.29 Å². The Morgan fingerprint density at radius 3 is 2.78 bits per heavy atom. The number of nitro groups is 1. The van der Waals surface area contributed by atoms with E-state index in [4.69, 9.17) is 0 Å². The van der Waals surface area contributed by atoms with Gasteiger partial charge in [0.1, 0.15) is 5.82 Å². The maximum Gasteiger partial charge on any atom is 0.272 e. The van der Waals surface area contributed by atoms with Crippen molar-refractivity contribution in [2.45, 2.75) is 6.54 Å². The van der Waals surface area contributed by atoms with Crippen LogP contribution >= 0.6 is 0 Å². The number of carbonyl (C=O) groups excluding carboxylic acids is 1. The highest BCUT2D eigenvalue weighted by molar-refractivity contribution is 5.74. The van der Waals surface area contributed by atoms with Crippen LogP contribution in [-0.2, 0) is 6.54 Å². The summed E-state index contributed by atoms with van der Waals surface area (Å²) in [5.41, 5.74) is 0.684. The molecule has 1 aromatic carbocycles. The molecule has 92 valence electrons. The number of non-ortho nitro benzene ring substituents is 1. The summed E-state index contributed by atoms with van der Waals surface area (Å²) < 4.78 is 14.8. The smallest absolute Gasteiger partial charge is 0.272 e. The van der Waals surface area contributed by atoms with E-state index < -0.39 is 10.7 Å². The van der Waals surface area contributed by atoms with Crippen molar-refractivity contribution in [1.82, 2.24) is 4.57 Å². The Hall–Kier alpha value is -2.50. The zero-order valence-electron chi connectivity index (χ0n) is 9.25. The van der Waals surface area contributed by atoms with E-state index in [1.54, 1.807) is 23.0 Å². The lowest BCUT2D eigenvalue weighted by molar-refractivity contribution is -0.385. The second kappa shape index (κ2) is 4.79. The van der Waals surface area contributed by atoms with E-state index in [1.807, 2.05) is 0 Å². The highest BCUT2D eigenvalue weighted by Gasteiger charge is 2.10. The van der Waals surface area contributed by atoms with Crippen molar-refractivity contribution in [2.75, 3.05) is 0 Å². The highest BCUT2D eigenvalue weighted by Crippen LogP contribution is 2.17. The first kappa shape index (κ1) is 12.0. The molecule has 18 heavy (non-hydrogen) atoms. The maximum atomic E-state index is 13.2. The number of rotatable bonds is 4. The largest absolute Gasteiger partial charge is 0.349 e. The molecule has 0 atom stereocenters. The molecule has 6 heteroatoms. The molecule has 0 saturated carbocycles. The van der Waals surface area contributed by atoms with E-state index in [9.17, 15) is 19.3 Å². The molecule has 0 radical (unpaired) electrons. The molecular formula is C12H9FN2O3. The third-order valence-corrected chi connectivity index (χ3v) is 2.43. The van der Waals surface area contributed by atoms with Crippen molar-refractivity contribution in [2.24, 2.45) is 0 Å². The number of carbonyl (C=O) groups is 1. The van der Waals surface area contributed by atoms with Gasteiger partial charge in [-0.3, -0.25) is 14.9 Å². The zero-order valence-corrected chi connectivity index (χ0v) is 9.25. The molecule has 0 aliphatic rings. The molecule has 0 unspecified atom stereocenters. The van der Waals surface area contributed by atoms with Crippen LogP contribution in [0.5, 0.6) is 0 Å². The number of nitrogens with zero attached hydrogens (tertiary/aromatic N) is 2. The van der Waals surface area contributed by atoms with E-state index in [2.05, 4.69) is 0 Å². The molecule has 2 rings (SSSR count). The Labute approximate surface area is 102 Å². The number of aromatic nitrogens is 1. The standard InChI is InChI=1S/C12H9FN2O3/c13-11-3-10(4-12(5-11)15(17)18)7-14-2-1-9(6-14)8-16/h1-6,8H,7H2. The minimum atomic E-state index is -0.651. The van der Waals surface area contributed by atoms with Crippen LogP contribution in [0.2, 0.25) is 0 Å². The van der Waals surface area contributed by atoms with Crippen LogP contribution < -0.4 is 0 Å². The van der Waals surface area contributed by atoms with E-state index in [-0.39, 0.29) is 12.2 Å². The highest BCUT2D eigenvalue weighted by atomic mass is 19.1. The van der Waals surface area contributed by atoms with Gasteiger partial charge in [-0.2, -0.15) is 0 Å². The molecule has 5 nitrogen and oxygen atoms in total. The number of hydrogen-bond acceptors (Lipinski definition) is 3. The Balaban J connectivity index is 2.28. The van der Waals surface area contributed by atoms with E-state index in [0.29, 0.717) is 17.4 Å². The zero-order chi connectivity index (χ0) is 13.1. The van der Waals surface area contributed by atoms with Crippen molar-refractivity contribution in [3.8, 4) is 0 Å². The van der Waals surface area contributed by atoms with Crippen LogP contribution in [0.15, 0.2) is 36.7 Å². The third kappa shape index (κ3) is 2.60. The molecule has 1 heterocycles. The summed E-state index contributed by atoms with van der Waals surface area (Å²) in [6, 6.07) is 5.02. The van der Waals surface area contributed by atoms with Gasteiger partial charge in [-0.25, -0.2) is 4.39 Å². The van der Waals surface area contributed by atoms with E-state index in [0.717, 1.165) is 6.07 Å². The van der Waals surface area contributed by atoms with E-state index >= 15 is 0 Å². The molecule has 0 fully saturated rings. The van der Waals surface area contributed by atoms with Crippen LogP contribution in [0.25, 0.3) is 0 Å². The number of aldehydes is 1. The summed E-state index contributed by atoms with van der Waals surface area (Å²) in [6.07, 6.45) is 3.94. The number of benzene rings is 1. The molecular weight excluding hydrogens is 239 g/mol. The average molecular weight is 248 g/mol. The lowest BCUT2D eigenvalue weighted by Gasteiger charge is -2.03. The molecule has 0 bridgehead atoms. The molecule has 0 amide bonds. The predicted molar refractivity (Wildman–Crippen MR) is 62.0 cm³/mol. The lowest BCUT2D eigenvalue weighted by atomic mass is 10.2. The first-order valence-corrected chi connectivity index (χ1v) is 5.13. The fraction of sp³-hybridized carbons (Fsp3) is 0.0833. The summed E-state index contributed by atoms with van der Waals surface area (Å²) in [5.74, 6) is -0.651. The summed E-state index contributed by atoms with van der Waals surface area (Å²) in [7, 11) is 0. The van der Waals surface area contributed by atoms with Crippen molar-refractivity contribution >= 4 is 12.0 Å². The summed E-state index contributed by atoms with van der Waals surface area (Å²) >= 11 is 0. The molecule has 0 aliphatic carbocycles. The van der Waals surface area contributed by atoms with Crippen molar-refractivity contribution in [1.29, 1.82) is 0 Å². The topological polar surface area (TPSA) is 65.1 Å². The van der Waals surface area contributed by atoms with Gasteiger partial charge < -0.3 is 4.57 Å². The SMILES string of the molecule is O=Cc1ccn(Cc2cc(F)cc([N+](=O)[O-])c2)c1. The second-order valence-electron chi connectivity index (χ2n) is 3.81. The fourth-order valence-electron chi connectivity index (χ4n) is 1.67. The average Bonchev–Trinajstić information content (AvgIpc) is 2.76. The molecule has 0 spiro atoms. The minimum Gasteiger partial charge on any atom is -0.349 e. The van der Waals surface area contributed by atoms with Gasteiger partial charge in [0, 0.05) is 30.6 Å². The van der Waals surface area contributed by atoms with Gasteiger partial charge >= 0.3 is 0 Å². The van der Waals surface area contributed by atoms with Crippen LogP contribution in [0.1, 0.15) is 15.9 Å². The van der Waals surface area contributed by atoms with Crippen LogP contribution in [0.3, 0.4) is 0 Å². The van der Waals surface area contributed by atoms with Gasteiger partial charge in [-0.05, 0) is 17.7 Å². The number of hydrogen-bond donors (Lipinski definition) is 0. The molecule has 0 aliphatic heterocycles. The number of halogens is 1. The van der Waals surface area contributed by atoms with E-state index in [1.165, 1.54) is 12.1 Å². The Bertz CT molecular complexity index is 607. The van der Waals surface area contributed by atoms with Crippen LogP contribution in [0.4, 0.5) is 10.1 Å². The summed E-state index contributed by atoms with van der Waals surface area (Å²) in [6.45, 7) is 0.270. The quantitative estimate of drug-likeness (QED) is 0.474. The van der Waals surface area contributed by atoms with Gasteiger partial charge in [-0.15, -0.1) is 0 Å². The summed E-state index contributed by atoms with van der Waals surface area (Å²) in [5, 5.41) is 10.6. The molecule has 2 aromatic rings. The van der Waals surface area contributed by atoms with Crippen LogP contribution in [-0.4, -0.2) is 15.8 Å². The third-order valence-electron chi connectivity index (χ3n) is 2.43. The lowest BCUT2D eigenvalue weighted by Crippen LogP contribution is -1.99. The summed E-state index contributed by atoms with van der Waals surface area (Å²) in [4.78, 5) is 20.5. The predicted octanol–water partition coefficient (Wildman–Crippen LogP) is 2.40. The maximum absolute atomic E-state index is 13.2. The second-order valence-corrected chi connectivity index (χ2v) is 3.81.